The molecular weight excluding hydrogens is 396 g/mol. The third kappa shape index (κ3) is 3.91. The molecule has 0 bridgehead atoms. The van der Waals surface area contributed by atoms with E-state index in [4.69, 9.17) is 9.26 Å². The minimum absolute atomic E-state index is 0.0457. The second-order valence-electron chi connectivity index (χ2n) is 8.91. The molecule has 3 atom stereocenters. The number of hydrogen-bond donors (Lipinski definition) is 1. The van der Waals surface area contributed by atoms with Crippen LogP contribution in [0.25, 0.3) is 0 Å². The molecule has 2 fully saturated rings. The topological polar surface area (TPSA) is 97.6 Å². The van der Waals surface area contributed by atoms with Crippen LogP contribution in [0.3, 0.4) is 0 Å². The van der Waals surface area contributed by atoms with Gasteiger partial charge in [-0.1, -0.05) is 31.1 Å². The van der Waals surface area contributed by atoms with Crippen molar-refractivity contribution in [2.24, 2.45) is 11.8 Å². The molecular formula is C23H30N4O4. The van der Waals surface area contributed by atoms with Crippen LogP contribution in [0.5, 0.6) is 5.75 Å². The third-order valence-corrected chi connectivity index (χ3v) is 6.40. The van der Waals surface area contributed by atoms with Gasteiger partial charge in [-0.25, -0.2) is 0 Å². The maximum atomic E-state index is 13.0. The average molecular weight is 427 g/mol. The molecule has 1 aromatic carbocycles. The molecule has 1 N–H and O–H groups in total. The molecule has 8 nitrogen and oxygen atoms in total. The highest BCUT2D eigenvalue weighted by atomic mass is 16.5. The SMILES string of the molecule is CCOc1ccccc1C(=O)N[C@@H]1CC2CN(C(=O)C(C)C)C[C@@]2(c2nc(C)no2)C1. The lowest BCUT2D eigenvalue weighted by Gasteiger charge is -2.26. The summed E-state index contributed by atoms with van der Waals surface area (Å²) in [4.78, 5) is 32.1. The standard InChI is InChI=1S/C23H30N4O4/c1-5-30-19-9-7-6-8-18(19)20(28)25-17-10-16-12-27(21(29)14(2)3)13-23(16,11-17)22-24-15(4)26-31-22/h6-9,14,16-17H,5,10-13H2,1-4H3,(H,25,28)/t16?,17-,23+/m1/s1. The fourth-order valence-electron chi connectivity index (χ4n) is 5.04. The molecule has 0 spiro atoms. The van der Waals surface area contributed by atoms with Gasteiger partial charge in [-0.2, -0.15) is 4.98 Å². The number of nitrogens with zero attached hydrogens (tertiary/aromatic N) is 3. The van der Waals surface area contributed by atoms with Crippen LogP contribution in [-0.4, -0.2) is 52.6 Å². The van der Waals surface area contributed by atoms with Crippen LogP contribution < -0.4 is 10.1 Å². The molecule has 1 saturated heterocycles. The van der Waals surface area contributed by atoms with Gasteiger partial charge in [-0.15, -0.1) is 0 Å². The number of aromatic nitrogens is 2. The molecule has 2 aliphatic rings. The maximum absolute atomic E-state index is 13.0. The van der Waals surface area contributed by atoms with Crippen molar-refractivity contribution in [3.05, 3.63) is 41.5 Å². The largest absolute Gasteiger partial charge is 0.493 e. The summed E-state index contributed by atoms with van der Waals surface area (Å²) in [6.07, 6.45) is 1.41. The first-order valence-corrected chi connectivity index (χ1v) is 11.0. The summed E-state index contributed by atoms with van der Waals surface area (Å²) in [5.74, 6) is 1.80. The molecule has 2 amide bonds. The van der Waals surface area contributed by atoms with Gasteiger partial charge in [0.1, 0.15) is 5.75 Å². The van der Waals surface area contributed by atoms with Crippen LogP contribution >= 0.6 is 0 Å². The van der Waals surface area contributed by atoms with E-state index in [0.717, 1.165) is 6.42 Å². The van der Waals surface area contributed by atoms with Gasteiger partial charge in [0.05, 0.1) is 17.6 Å². The molecule has 8 heteroatoms. The van der Waals surface area contributed by atoms with Crippen molar-refractivity contribution in [3.8, 4) is 5.75 Å². The third-order valence-electron chi connectivity index (χ3n) is 6.40. The number of fused-ring (bicyclic) bond motifs is 1. The van der Waals surface area contributed by atoms with E-state index in [9.17, 15) is 9.59 Å². The van der Waals surface area contributed by atoms with Crippen molar-refractivity contribution in [3.63, 3.8) is 0 Å². The van der Waals surface area contributed by atoms with E-state index >= 15 is 0 Å². The lowest BCUT2D eigenvalue weighted by molar-refractivity contribution is -0.133. The van der Waals surface area contributed by atoms with Crippen molar-refractivity contribution in [1.29, 1.82) is 0 Å². The molecule has 1 aromatic heterocycles. The van der Waals surface area contributed by atoms with Gasteiger partial charge in [-0.3, -0.25) is 9.59 Å². The molecule has 1 aliphatic carbocycles. The number of rotatable bonds is 6. The lowest BCUT2D eigenvalue weighted by atomic mass is 9.80. The minimum Gasteiger partial charge on any atom is -0.493 e. The van der Waals surface area contributed by atoms with Crippen molar-refractivity contribution in [2.45, 2.75) is 52.0 Å². The first kappa shape index (κ1) is 21.3. The minimum atomic E-state index is -0.427. The lowest BCUT2D eigenvalue weighted by Crippen LogP contribution is -2.40. The normalized spacial score (nSPS) is 25.0. The van der Waals surface area contributed by atoms with Crippen LogP contribution in [0.15, 0.2) is 28.8 Å². The number of ether oxygens (including phenoxy) is 1. The van der Waals surface area contributed by atoms with Crippen molar-refractivity contribution in [1.82, 2.24) is 20.4 Å². The average Bonchev–Trinajstić information content (AvgIpc) is 3.40. The molecule has 1 unspecified atom stereocenters. The highest BCUT2D eigenvalue weighted by molar-refractivity contribution is 5.97. The Morgan fingerprint density at radius 3 is 2.81 bits per heavy atom. The van der Waals surface area contributed by atoms with Gasteiger partial charge in [0.2, 0.25) is 11.8 Å². The Morgan fingerprint density at radius 2 is 2.13 bits per heavy atom. The first-order valence-electron chi connectivity index (χ1n) is 11.0. The Balaban J connectivity index is 1.55. The Kier molecular flexibility index (Phi) is 5.73. The molecule has 2 aromatic rings. The van der Waals surface area contributed by atoms with Gasteiger partial charge >= 0.3 is 0 Å². The molecule has 1 saturated carbocycles. The smallest absolute Gasteiger partial charge is 0.255 e. The summed E-state index contributed by atoms with van der Waals surface area (Å²) in [5, 5.41) is 7.17. The predicted octanol–water partition coefficient (Wildman–Crippen LogP) is 2.72. The number of carbonyl (C=O) groups excluding carboxylic acids is 2. The number of hydrogen-bond acceptors (Lipinski definition) is 6. The van der Waals surface area contributed by atoms with E-state index in [0.29, 0.717) is 49.1 Å². The predicted molar refractivity (Wildman–Crippen MR) is 114 cm³/mol. The Labute approximate surface area is 182 Å². The summed E-state index contributed by atoms with van der Waals surface area (Å²) in [5.41, 5.74) is 0.101. The van der Waals surface area contributed by atoms with Crippen molar-refractivity contribution >= 4 is 11.8 Å². The Morgan fingerprint density at radius 1 is 1.35 bits per heavy atom. The van der Waals surface area contributed by atoms with Crippen LogP contribution in [0, 0.1) is 18.8 Å². The van der Waals surface area contributed by atoms with Gasteiger partial charge in [-0.05, 0) is 44.7 Å². The Hall–Kier alpha value is -2.90. The monoisotopic (exact) mass is 426 g/mol. The molecule has 31 heavy (non-hydrogen) atoms. The number of carbonyl (C=O) groups is 2. The number of amides is 2. The summed E-state index contributed by atoms with van der Waals surface area (Å²) in [7, 11) is 0. The number of aryl methyl sites for hydroxylation is 1. The number of para-hydroxylation sites is 1. The molecule has 1 aliphatic heterocycles. The highest BCUT2D eigenvalue weighted by Crippen LogP contribution is 2.50. The fraction of sp³-hybridized carbons (Fsp3) is 0.565. The number of likely N-dealkylation sites (tertiary alicyclic amines) is 1. The van der Waals surface area contributed by atoms with Gasteiger partial charge in [0, 0.05) is 25.0 Å². The van der Waals surface area contributed by atoms with Gasteiger partial charge < -0.3 is 19.5 Å². The van der Waals surface area contributed by atoms with Crippen LogP contribution in [0.1, 0.15) is 55.7 Å². The highest BCUT2D eigenvalue weighted by Gasteiger charge is 2.58. The first-order chi connectivity index (χ1) is 14.8. The van der Waals surface area contributed by atoms with Crippen LogP contribution in [0.2, 0.25) is 0 Å². The zero-order valence-electron chi connectivity index (χ0n) is 18.6. The van der Waals surface area contributed by atoms with E-state index in [1.165, 1.54) is 0 Å². The quantitative estimate of drug-likeness (QED) is 0.763. The van der Waals surface area contributed by atoms with E-state index in [1.54, 1.807) is 19.1 Å². The second kappa shape index (κ2) is 8.32. The van der Waals surface area contributed by atoms with Gasteiger partial charge in [0.25, 0.3) is 5.91 Å². The summed E-state index contributed by atoms with van der Waals surface area (Å²) in [6.45, 7) is 9.20. The summed E-state index contributed by atoms with van der Waals surface area (Å²) in [6, 6.07) is 7.22. The summed E-state index contributed by atoms with van der Waals surface area (Å²) >= 11 is 0. The van der Waals surface area contributed by atoms with E-state index in [2.05, 4.69) is 15.5 Å². The fourth-order valence-corrected chi connectivity index (χ4v) is 5.04. The molecule has 166 valence electrons. The van der Waals surface area contributed by atoms with Gasteiger partial charge in [0.15, 0.2) is 5.82 Å². The second-order valence-corrected chi connectivity index (χ2v) is 8.91. The molecule has 0 radical (unpaired) electrons. The van der Waals surface area contributed by atoms with Crippen LogP contribution in [-0.2, 0) is 10.2 Å². The zero-order chi connectivity index (χ0) is 22.2. The zero-order valence-corrected chi connectivity index (χ0v) is 18.6. The summed E-state index contributed by atoms with van der Waals surface area (Å²) < 4.78 is 11.2. The number of benzene rings is 1. The molecule has 4 rings (SSSR count). The maximum Gasteiger partial charge on any atom is 0.255 e. The van der Waals surface area contributed by atoms with E-state index in [-0.39, 0.29) is 29.7 Å². The Bertz CT molecular complexity index is 972. The van der Waals surface area contributed by atoms with Crippen molar-refractivity contribution in [2.75, 3.05) is 19.7 Å². The molecule has 2 heterocycles. The van der Waals surface area contributed by atoms with E-state index < -0.39 is 5.41 Å². The van der Waals surface area contributed by atoms with Crippen molar-refractivity contribution < 1.29 is 18.8 Å². The number of nitrogens with one attached hydrogen (secondary N) is 1. The van der Waals surface area contributed by atoms with E-state index in [1.807, 2.05) is 37.8 Å². The van der Waals surface area contributed by atoms with Crippen LogP contribution in [0.4, 0.5) is 0 Å².